The number of amidine groups is 1. The Morgan fingerprint density at radius 2 is 2.10 bits per heavy atom. The van der Waals surface area contributed by atoms with Crippen molar-refractivity contribution in [3.8, 4) is 11.3 Å². The molecule has 0 saturated heterocycles. The predicted molar refractivity (Wildman–Crippen MR) is 84.4 cm³/mol. The Morgan fingerprint density at radius 1 is 1.25 bits per heavy atom. The molecule has 104 valence electrons. The highest BCUT2D eigenvalue weighted by Gasteiger charge is 2.10. The average molecular weight is 268 g/mol. The van der Waals surface area contributed by atoms with E-state index in [0.717, 1.165) is 31.2 Å². The largest absolute Gasteiger partial charge is 0.377 e. The van der Waals surface area contributed by atoms with E-state index < -0.39 is 0 Å². The first kappa shape index (κ1) is 12.8. The van der Waals surface area contributed by atoms with Gasteiger partial charge in [-0.3, -0.25) is 4.99 Å². The maximum absolute atomic E-state index is 4.41. The van der Waals surface area contributed by atoms with Gasteiger partial charge in [-0.1, -0.05) is 18.2 Å². The van der Waals surface area contributed by atoms with Crippen molar-refractivity contribution in [3.05, 3.63) is 42.1 Å². The zero-order valence-corrected chi connectivity index (χ0v) is 12.0. The highest BCUT2D eigenvalue weighted by molar-refractivity contribution is 5.89. The molecule has 4 nitrogen and oxygen atoms in total. The Labute approximate surface area is 119 Å². The molecule has 4 heteroatoms. The summed E-state index contributed by atoms with van der Waals surface area (Å²) in [6.07, 6.45) is 0. The van der Waals surface area contributed by atoms with Gasteiger partial charge in [0, 0.05) is 30.5 Å². The first-order valence-corrected chi connectivity index (χ1v) is 6.98. The van der Waals surface area contributed by atoms with Gasteiger partial charge in [-0.25, -0.2) is 0 Å². The van der Waals surface area contributed by atoms with Gasteiger partial charge in [-0.15, -0.1) is 0 Å². The second kappa shape index (κ2) is 5.41. The van der Waals surface area contributed by atoms with Crippen molar-refractivity contribution >= 4 is 11.5 Å². The number of aryl methyl sites for hydroxylation is 1. The quantitative estimate of drug-likeness (QED) is 0.894. The van der Waals surface area contributed by atoms with Crippen molar-refractivity contribution in [2.45, 2.75) is 6.92 Å². The molecule has 0 aliphatic carbocycles. The van der Waals surface area contributed by atoms with Crippen LogP contribution in [0.5, 0.6) is 0 Å². The van der Waals surface area contributed by atoms with E-state index in [1.165, 1.54) is 17.0 Å². The molecule has 0 bridgehead atoms. The first-order chi connectivity index (χ1) is 9.75. The van der Waals surface area contributed by atoms with Crippen LogP contribution in [0, 0.1) is 6.92 Å². The Bertz CT molecular complexity index is 640. The Hall–Kier alpha value is -2.23. The van der Waals surface area contributed by atoms with Crippen molar-refractivity contribution < 1.29 is 0 Å². The minimum absolute atomic E-state index is 0.750. The average Bonchev–Trinajstić information content (AvgIpc) is 3.09. The number of hydrogen-bond acceptors (Lipinski definition) is 3. The van der Waals surface area contributed by atoms with E-state index >= 15 is 0 Å². The van der Waals surface area contributed by atoms with Crippen molar-refractivity contribution in [3.63, 3.8) is 0 Å². The van der Waals surface area contributed by atoms with Crippen molar-refractivity contribution in [1.29, 1.82) is 0 Å². The fourth-order valence-electron chi connectivity index (χ4n) is 2.49. The topological polar surface area (TPSA) is 41.4 Å². The van der Waals surface area contributed by atoms with Gasteiger partial charge >= 0.3 is 0 Å². The molecule has 0 amide bonds. The van der Waals surface area contributed by atoms with Gasteiger partial charge in [-0.2, -0.15) is 0 Å². The SMILES string of the molecule is Cc1ccc(-c2ccccc2NCC2=NCCN2)n1C. The highest BCUT2D eigenvalue weighted by atomic mass is 15.1. The zero-order chi connectivity index (χ0) is 13.9. The molecule has 0 saturated carbocycles. The molecule has 20 heavy (non-hydrogen) atoms. The van der Waals surface area contributed by atoms with Crippen LogP contribution in [-0.4, -0.2) is 30.0 Å². The standard InChI is InChI=1S/C16H20N4/c1-12-7-8-15(20(12)2)13-5-3-4-6-14(13)19-11-16-17-9-10-18-16/h3-8,19H,9-11H2,1-2H3,(H,17,18). The molecule has 2 heterocycles. The Kier molecular flexibility index (Phi) is 3.46. The van der Waals surface area contributed by atoms with Crippen molar-refractivity contribution in [2.75, 3.05) is 25.0 Å². The third-order valence-electron chi connectivity index (χ3n) is 3.77. The molecular formula is C16H20N4. The van der Waals surface area contributed by atoms with E-state index in [1.807, 2.05) is 0 Å². The molecular weight excluding hydrogens is 248 g/mol. The van der Waals surface area contributed by atoms with Gasteiger partial charge in [0.25, 0.3) is 0 Å². The summed E-state index contributed by atoms with van der Waals surface area (Å²) >= 11 is 0. The smallest absolute Gasteiger partial charge is 0.116 e. The third-order valence-corrected chi connectivity index (χ3v) is 3.77. The Balaban J connectivity index is 1.86. The lowest BCUT2D eigenvalue weighted by Crippen LogP contribution is -2.26. The van der Waals surface area contributed by atoms with Crippen LogP contribution in [0.4, 0.5) is 5.69 Å². The number of hydrogen-bond donors (Lipinski definition) is 2. The zero-order valence-electron chi connectivity index (χ0n) is 12.0. The fraction of sp³-hybridized carbons (Fsp3) is 0.312. The number of anilines is 1. The van der Waals surface area contributed by atoms with Gasteiger partial charge in [0.15, 0.2) is 0 Å². The van der Waals surface area contributed by atoms with Gasteiger partial charge in [0.05, 0.1) is 18.8 Å². The van der Waals surface area contributed by atoms with E-state index in [2.05, 4.69) is 70.6 Å². The molecule has 0 spiro atoms. The maximum atomic E-state index is 4.41. The summed E-state index contributed by atoms with van der Waals surface area (Å²) in [5, 5.41) is 6.77. The molecule has 2 N–H and O–H groups in total. The molecule has 1 aromatic heterocycles. The van der Waals surface area contributed by atoms with Crippen molar-refractivity contribution in [1.82, 2.24) is 9.88 Å². The lowest BCUT2D eigenvalue weighted by Gasteiger charge is -2.13. The number of nitrogens with zero attached hydrogens (tertiary/aromatic N) is 2. The lowest BCUT2D eigenvalue weighted by atomic mass is 10.1. The molecule has 0 fully saturated rings. The van der Waals surface area contributed by atoms with Crippen LogP contribution >= 0.6 is 0 Å². The summed E-state index contributed by atoms with van der Waals surface area (Å²) in [6.45, 7) is 4.71. The number of rotatable bonds is 4. The summed E-state index contributed by atoms with van der Waals surface area (Å²) in [6, 6.07) is 12.7. The van der Waals surface area contributed by atoms with E-state index in [1.54, 1.807) is 0 Å². The van der Waals surface area contributed by atoms with E-state index in [9.17, 15) is 0 Å². The van der Waals surface area contributed by atoms with Crippen LogP contribution in [0.25, 0.3) is 11.3 Å². The van der Waals surface area contributed by atoms with E-state index in [0.29, 0.717) is 0 Å². The van der Waals surface area contributed by atoms with E-state index in [4.69, 9.17) is 0 Å². The minimum Gasteiger partial charge on any atom is -0.377 e. The van der Waals surface area contributed by atoms with Crippen LogP contribution in [0.2, 0.25) is 0 Å². The fourth-order valence-corrected chi connectivity index (χ4v) is 2.49. The number of aliphatic imine (C=N–C) groups is 1. The summed E-state index contributed by atoms with van der Waals surface area (Å²) in [5.41, 5.74) is 4.86. The summed E-state index contributed by atoms with van der Waals surface area (Å²) in [7, 11) is 2.10. The van der Waals surface area contributed by atoms with Gasteiger partial charge < -0.3 is 15.2 Å². The monoisotopic (exact) mass is 268 g/mol. The van der Waals surface area contributed by atoms with E-state index in [-0.39, 0.29) is 0 Å². The lowest BCUT2D eigenvalue weighted by molar-refractivity contribution is 0.891. The molecule has 1 aliphatic heterocycles. The molecule has 1 aromatic carbocycles. The molecule has 0 radical (unpaired) electrons. The van der Waals surface area contributed by atoms with Crippen LogP contribution < -0.4 is 10.6 Å². The van der Waals surface area contributed by atoms with Gasteiger partial charge in [-0.05, 0) is 25.1 Å². The van der Waals surface area contributed by atoms with Crippen LogP contribution in [-0.2, 0) is 7.05 Å². The second-order valence-corrected chi connectivity index (χ2v) is 5.07. The van der Waals surface area contributed by atoms with Crippen LogP contribution in [0.3, 0.4) is 0 Å². The minimum atomic E-state index is 0.750. The molecule has 0 unspecified atom stereocenters. The normalized spacial score (nSPS) is 14.0. The van der Waals surface area contributed by atoms with Gasteiger partial charge in [0.2, 0.25) is 0 Å². The first-order valence-electron chi connectivity index (χ1n) is 6.98. The molecule has 3 rings (SSSR count). The van der Waals surface area contributed by atoms with Gasteiger partial charge in [0.1, 0.15) is 5.84 Å². The number of para-hydroxylation sites is 1. The highest BCUT2D eigenvalue weighted by Crippen LogP contribution is 2.28. The third kappa shape index (κ3) is 2.41. The number of nitrogens with one attached hydrogen (secondary N) is 2. The van der Waals surface area contributed by atoms with Crippen LogP contribution in [0.1, 0.15) is 5.69 Å². The summed E-state index contributed by atoms with van der Waals surface area (Å²) < 4.78 is 2.21. The number of benzene rings is 1. The molecule has 2 aromatic rings. The van der Waals surface area contributed by atoms with Crippen molar-refractivity contribution in [2.24, 2.45) is 12.0 Å². The Morgan fingerprint density at radius 3 is 2.80 bits per heavy atom. The summed E-state index contributed by atoms with van der Waals surface area (Å²) in [4.78, 5) is 4.41. The predicted octanol–water partition coefficient (Wildman–Crippen LogP) is 2.41. The second-order valence-electron chi connectivity index (χ2n) is 5.07. The molecule has 0 atom stereocenters. The summed E-state index contributed by atoms with van der Waals surface area (Å²) in [5.74, 6) is 1.04. The maximum Gasteiger partial charge on any atom is 0.116 e. The number of aromatic nitrogens is 1. The van der Waals surface area contributed by atoms with Crippen LogP contribution in [0.15, 0.2) is 41.4 Å². The molecule has 1 aliphatic rings.